The topological polar surface area (TPSA) is 24.9 Å². The van der Waals surface area contributed by atoms with Gasteiger partial charge in [-0.3, -0.25) is 0 Å². The van der Waals surface area contributed by atoms with Crippen LogP contribution in [0.2, 0.25) is 5.02 Å². The van der Waals surface area contributed by atoms with Crippen molar-refractivity contribution in [2.24, 2.45) is 0 Å². The Morgan fingerprint density at radius 3 is 2.93 bits per heavy atom. The van der Waals surface area contributed by atoms with E-state index in [1.165, 1.54) is 24.8 Å². The van der Waals surface area contributed by atoms with Crippen LogP contribution in [-0.4, -0.2) is 11.5 Å². The highest BCUT2D eigenvalue weighted by Crippen LogP contribution is 2.53. The highest BCUT2D eigenvalue weighted by atomic mass is 79.9. The lowest BCUT2D eigenvalue weighted by Gasteiger charge is -2.38. The number of aromatic nitrogens is 1. The van der Waals surface area contributed by atoms with E-state index < -0.39 is 0 Å². The van der Waals surface area contributed by atoms with Gasteiger partial charge >= 0.3 is 0 Å². The predicted molar refractivity (Wildman–Crippen MR) is 61.0 cm³/mol. The van der Waals surface area contributed by atoms with Crippen molar-refractivity contribution < 1.29 is 0 Å². The predicted octanol–water partition coefficient (Wildman–Crippen LogP) is 3.34. The summed E-state index contributed by atoms with van der Waals surface area (Å²) in [6, 6.07) is 0. The van der Waals surface area contributed by atoms with Crippen LogP contribution >= 0.6 is 27.5 Å². The number of halogens is 2. The molecule has 1 aromatic heterocycles. The van der Waals surface area contributed by atoms with Crippen molar-refractivity contribution in [3.63, 3.8) is 0 Å². The molecule has 1 aliphatic carbocycles. The van der Waals surface area contributed by atoms with Crippen LogP contribution in [-0.2, 0) is 5.41 Å². The van der Waals surface area contributed by atoms with Crippen LogP contribution in [0.15, 0.2) is 10.7 Å². The van der Waals surface area contributed by atoms with E-state index >= 15 is 0 Å². The molecule has 1 fully saturated rings. The molecule has 3 rings (SSSR count). The molecule has 1 aliphatic heterocycles. The van der Waals surface area contributed by atoms with Crippen molar-refractivity contribution in [2.75, 3.05) is 11.9 Å². The van der Waals surface area contributed by atoms with Gasteiger partial charge < -0.3 is 5.32 Å². The van der Waals surface area contributed by atoms with Crippen LogP contribution in [0.25, 0.3) is 0 Å². The molecule has 1 saturated carbocycles. The Morgan fingerprint density at radius 2 is 2.29 bits per heavy atom. The van der Waals surface area contributed by atoms with E-state index in [-0.39, 0.29) is 0 Å². The van der Waals surface area contributed by atoms with Crippen molar-refractivity contribution >= 4 is 33.3 Å². The van der Waals surface area contributed by atoms with Crippen molar-refractivity contribution in [1.82, 2.24) is 4.98 Å². The van der Waals surface area contributed by atoms with Crippen molar-refractivity contribution in [3.05, 3.63) is 21.3 Å². The summed E-state index contributed by atoms with van der Waals surface area (Å²) in [4.78, 5) is 4.35. The van der Waals surface area contributed by atoms with Gasteiger partial charge in [-0.15, -0.1) is 0 Å². The van der Waals surface area contributed by atoms with E-state index in [4.69, 9.17) is 11.6 Å². The molecule has 1 spiro atoms. The molecule has 74 valence electrons. The zero-order chi connectivity index (χ0) is 9.76. The zero-order valence-electron chi connectivity index (χ0n) is 7.61. The first-order chi connectivity index (χ1) is 6.73. The van der Waals surface area contributed by atoms with Gasteiger partial charge in [0.25, 0.3) is 0 Å². The maximum Gasteiger partial charge on any atom is 0.131 e. The zero-order valence-corrected chi connectivity index (χ0v) is 9.95. The summed E-state index contributed by atoms with van der Waals surface area (Å²) < 4.78 is 0.910. The van der Waals surface area contributed by atoms with E-state index in [0.717, 1.165) is 21.9 Å². The van der Waals surface area contributed by atoms with Gasteiger partial charge in [-0.1, -0.05) is 18.0 Å². The lowest BCUT2D eigenvalue weighted by Crippen LogP contribution is -2.36. The second kappa shape index (κ2) is 2.86. The summed E-state index contributed by atoms with van der Waals surface area (Å²) in [5.74, 6) is 0.984. The van der Waals surface area contributed by atoms with Crippen LogP contribution in [0, 0.1) is 0 Å². The Kier molecular flexibility index (Phi) is 1.83. The van der Waals surface area contributed by atoms with E-state index in [1.807, 2.05) is 0 Å². The molecule has 4 heteroatoms. The number of nitrogens with zero attached hydrogens (tertiary/aromatic N) is 1. The van der Waals surface area contributed by atoms with Crippen LogP contribution in [0.4, 0.5) is 5.82 Å². The molecule has 0 bridgehead atoms. The minimum absolute atomic E-state index is 0.295. The second-order valence-electron chi connectivity index (χ2n) is 4.13. The maximum absolute atomic E-state index is 6.31. The molecule has 2 aliphatic rings. The Morgan fingerprint density at radius 1 is 1.50 bits per heavy atom. The summed E-state index contributed by atoms with van der Waals surface area (Å²) in [6.07, 6.45) is 5.56. The Bertz CT molecular complexity index is 401. The number of hydrogen-bond acceptors (Lipinski definition) is 2. The van der Waals surface area contributed by atoms with Gasteiger partial charge in [0.2, 0.25) is 0 Å². The fraction of sp³-hybridized carbons (Fsp3) is 0.500. The highest BCUT2D eigenvalue weighted by molar-refractivity contribution is 9.10. The minimum atomic E-state index is 0.295. The third-order valence-corrected chi connectivity index (χ3v) is 4.63. The fourth-order valence-electron chi connectivity index (χ4n) is 2.46. The smallest absolute Gasteiger partial charge is 0.131 e. The van der Waals surface area contributed by atoms with E-state index in [2.05, 4.69) is 26.2 Å². The van der Waals surface area contributed by atoms with Crippen LogP contribution in [0.5, 0.6) is 0 Å². The number of fused-ring (bicyclic) bond motifs is 2. The average molecular weight is 274 g/mol. The lowest BCUT2D eigenvalue weighted by atomic mass is 9.66. The molecular formula is C10H10BrClN2. The standard InChI is InChI=1S/C10H10BrClN2/c11-6-4-13-9-7(8(6)12)10(5-14-9)2-1-3-10/h4H,1-3,5H2,(H,13,14). The monoisotopic (exact) mass is 272 g/mol. The van der Waals surface area contributed by atoms with Gasteiger partial charge in [0.1, 0.15) is 5.82 Å². The molecule has 0 saturated heterocycles. The lowest BCUT2D eigenvalue weighted by molar-refractivity contribution is 0.272. The molecular weight excluding hydrogens is 263 g/mol. The fourth-order valence-corrected chi connectivity index (χ4v) is 3.09. The van der Waals surface area contributed by atoms with Crippen LogP contribution in [0.3, 0.4) is 0 Å². The number of rotatable bonds is 0. The summed E-state index contributed by atoms with van der Waals surface area (Å²) in [7, 11) is 0. The molecule has 1 aromatic rings. The number of pyridine rings is 1. The normalized spacial score (nSPS) is 21.6. The number of nitrogens with one attached hydrogen (secondary N) is 1. The Hall–Kier alpha value is -0.280. The third kappa shape index (κ3) is 0.999. The van der Waals surface area contributed by atoms with Gasteiger partial charge in [0, 0.05) is 23.7 Å². The van der Waals surface area contributed by atoms with E-state index in [0.29, 0.717) is 5.41 Å². The van der Waals surface area contributed by atoms with Crippen LogP contribution in [0.1, 0.15) is 24.8 Å². The van der Waals surface area contributed by atoms with Gasteiger partial charge in [-0.05, 0) is 28.8 Å². The van der Waals surface area contributed by atoms with Crippen molar-refractivity contribution in [2.45, 2.75) is 24.7 Å². The molecule has 1 N–H and O–H groups in total. The quantitative estimate of drug-likeness (QED) is 0.784. The van der Waals surface area contributed by atoms with E-state index in [9.17, 15) is 0 Å². The third-order valence-electron chi connectivity index (χ3n) is 3.41. The Labute approximate surface area is 96.2 Å². The number of anilines is 1. The molecule has 0 radical (unpaired) electrons. The molecule has 2 nitrogen and oxygen atoms in total. The first-order valence-electron chi connectivity index (χ1n) is 4.81. The van der Waals surface area contributed by atoms with Gasteiger partial charge in [-0.2, -0.15) is 0 Å². The molecule has 0 atom stereocenters. The summed E-state index contributed by atoms with van der Waals surface area (Å²) >= 11 is 9.74. The summed E-state index contributed by atoms with van der Waals surface area (Å²) in [5, 5.41) is 4.19. The van der Waals surface area contributed by atoms with Crippen molar-refractivity contribution in [3.8, 4) is 0 Å². The molecule has 14 heavy (non-hydrogen) atoms. The molecule has 0 amide bonds. The SMILES string of the molecule is Clc1c(Br)cnc2c1C1(CCC1)CN2. The largest absolute Gasteiger partial charge is 0.369 e. The minimum Gasteiger partial charge on any atom is -0.369 e. The average Bonchev–Trinajstić information content (AvgIpc) is 2.50. The summed E-state index contributed by atoms with van der Waals surface area (Å²) in [5.41, 5.74) is 1.53. The highest BCUT2D eigenvalue weighted by Gasteiger charge is 2.46. The van der Waals surface area contributed by atoms with Gasteiger partial charge in [0.15, 0.2) is 0 Å². The van der Waals surface area contributed by atoms with Crippen LogP contribution < -0.4 is 5.32 Å². The molecule has 0 unspecified atom stereocenters. The van der Waals surface area contributed by atoms with E-state index in [1.54, 1.807) is 6.20 Å². The van der Waals surface area contributed by atoms with Gasteiger partial charge in [-0.25, -0.2) is 4.98 Å². The van der Waals surface area contributed by atoms with Gasteiger partial charge in [0.05, 0.1) is 9.50 Å². The first kappa shape index (κ1) is 8.98. The second-order valence-corrected chi connectivity index (χ2v) is 5.36. The maximum atomic E-state index is 6.31. The molecule has 0 aromatic carbocycles. The summed E-state index contributed by atoms with van der Waals surface area (Å²) in [6.45, 7) is 1.01. The first-order valence-corrected chi connectivity index (χ1v) is 5.98. The van der Waals surface area contributed by atoms with Crippen molar-refractivity contribution in [1.29, 1.82) is 0 Å². The number of hydrogen-bond donors (Lipinski definition) is 1. The Balaban J connectivity index is 2.21. The molecule has 2 heterocycles.